The summed E-state index contributed by atoms with van der Waals surface area (Å²) in [6, 6.07) is 15.2. The number of piperidine rings is 1. The van der Waals surface area contributed by atoms with Gasteiger partial charge in [-0.1, -0.05) is 18.2 Å². The Kier molecular flexibility index (Phi) is 4.82. The van der Waals surface area contributed by atoms with E-state index in [0.29, 0.717) is 30.4 Å². The molecule has 27 heavy (non-hydrogen) atoms. The van der Waals surface area contributed by atoms with E-state index in [1.807, 2.05) is 30.3 Å². The van der Waals surface area contributed by atoms with E-state index >= 15 is 0 Å². The molecule has 3 aromatic rings. The topological polar surface area (TPSA) is 71.3 Å². The van der Waals surface area contributed by atoms with Crippen molar-refractivity contribution in [2.45, 2.75) is 18.8 Å². The lowest BCUT2D eigenvalue weighted by Crippen LogP contribution is -2.41. The summed E-state index contributed by atoms with van der Waals surface area (Å²) in [5.74, 6) is 0.537. The van der Waals surface area contributed by atoms with Crippen LogP contribution in [0.3, 0.4) is 0 Å². The number of anilines is 1. The van der Waals surface area contributed by atoms with Gasteiger partial charge in [-0.15, -0.1) is 10.2 Å². The molecule has 0 bridgehead atoms. The predicted octanol–water partition coefficient (Wildman–Crippen LogP) is 4.29. The number of rotatable bonds is 3. The predicted molar refractivity (Wildman–Crippen MR) is 98.7 cm³/mol. The molecule has 0 spiro atoms. The first-order valence-corrected chi connectivity index (χ1v) is 8.89. The summed E-state index contributed by atoms with van der Waals surface area (Å²) in [6.45, 7) is 1.21. The lowest BCUT2D eigenvalue weighted by atomic mass is 9.98. The summed E-state index contributed by atoms with van der Waals surface area (Å²) >= 11 is 0. The van der Waals surface area contributed by atoms with E-state index in [0.717, 1.165) is 18.5 Å². The Bertz CT molecular complexity index is 911. The zero-order chi connectivity index (χ0) is 18.6. The lowest BCUT2D eigenvalue weighted by molar-refractivity contribution is 0.187. The van der Waals surface area contributed by atoms with E-state index in [9.17, 15) is 9.18 Å². The third-order valence-corrected chi connectivity index (χ3v) is 4.61. The van der Waals surface area contributed by atoms with Crippen LogP contribution in [-0.4, -0.2) is 34.2 Å². The van der Waals surface area contributed by atoms with Gasteiger partial charge in [-0.2, -0.15) is 0 Å². The summed E-state index contributed by atoms with van der Waals surface area (Å²) in [7, 11) is 0. The van der Waals surface area contributed by atoms with Crippen LogP contribution in [0, 0.1) is 5.82 Å². The Balaban J connectivity index is 1.44. The van der Waals surface area contributed by atoms with Gasteiger partial charge in [0.25, 0.3) is 0 Å². The zero-order valence-corrected chi connectivity index (χ0v) is 14.6. The lowest BCUT2D eigenvalue weighted by Gasteiger charge is -2.31. The maximum Gasteiger partial charge on any atom is 0.321 e. The highest BCUT2D eigenvalue weighted by Gasteiger charge is 2.28. The van der Waals surface area contributed by atoms with Crippen LogP contribution in [0.5, 0.6) is 0 Å². The van der Waals surface area contributed by atoms with Crippen LogP contribution in [0.4, 0.5) is 14.9 Å². The molecular formula is C20H19FN4O2. The largest absolute Gasteiger partial charge is 0.420 e. The Morgan fingerprint density at radius 2 is 1.89 bits per heavy atom. The third-order valence-electron chi connectivity index (χ3n) is 4.61. The Morgan fingerprint density at radius 3 is 2.67 bits per heavy atom. The van der Waals surface area contributed by atoms with Crippen LogP contribution in [0.1, 0.15) is 24.7 Å². The van der Waals surface area contributed by atoms with Gasteiger partial charge in [0, 0.05) is 24.3 Å². The van der Waals surface area contributed by atoms with Gasteiger partial charge in [0.15, 0.2) is 0 Å². The molecule has 6 nitrogen and oxygen atoms in total. The molecule has 2 aromatic carbocycles. The van der Waals surface area contributed by atoms with Crippen LogP contribution in [-0.2, 0) is 0 Å². The van der Waals surface area contributed by atoms with Crippen molar-refractivity contribution in [2.24, 2.45) is 0 Å². The summed E-state index contributed by atoms with van der Waals surface area (Å²) < 4.78 is 18.9. The van der Waals surface area contributed by atoms with Crippen molar-refractivity contribution >= 4 is 11.7 Å². The monoisotopic (exact) mass is 366 g/mol. The van der Waals surface area contributed by atoms with Gasteiger partial charge in [-0.25, -0.2) is 9.18 Å². The highest BCUT2D eigenvalue weighted by atomic mass is 19.1. The number of carbonyl (C=O) groups is 1. The summed E-state index contributed by atoms with van der Waals surface area (Å²) in [4.78, 5) is 14.3. The molecule has 1 fully saturated rings. The summed E-state index contributed by atoms with van der Waals surface area (Å²) in [5, 5.41) is 11.1. The van der Waals surface area contributed by atoms with Crippen molar-refractivity contribution in [1.82, 2.24) is 15.1 Å². The fourth-order valence-corrected chi connectivity index (χ4v) is 3.20. The summed E-state index contributed by atoms with van der Waals surface area (Å²) in [5.41, 5.74) is 1.44. The molecule has 1 N–H and O–H groups in total. The molecule has 4 rings (SSSR count). The van der Waals surface area contributed by atoms with Gasteiger partial charge in [0.1, 0.15) is 5.82 Å². The number of halogens is 1. The van der Waals surface area contributed by atoms with E-state index in [4.69, 9.17) is 4.42 Å². The molecule has 1 aliphatic heterocycles. The first-order chi connectivity index (χ1) is 13.2. The quantitative estimate of drug-likeness (QED) is 0.751. The molecule has 2 heterocycles. The van der Waals surface area contributed by atoms with Crippen LogP contribution in [0.2, 0.25) is 0 Å². The number of aromatic nitrogens is 2. The van der Waals surface area contributed by atoms with Crippen molar-refractivity contribution in [3.63, 3.8) is 0 Å². The van der Waals surface area contributed by atoms with Gasteiger partial charge in [0.2, 0.25) is 11.8 Å². The average Bonchev–Trinajstić information content (AvgIpc) is 3.20. The summed E-state index contributed by atoms with van der Waals surface area (Å²) in [6.07, 6.45) is 1.74. The minimum Gasteiger partial charge on any atom is -0.420 e. The molecule has 1 atom stereocenters. The maximum absolute atomic E-state index is 13.1. The maximum atomic E-state index is 13.1. The second kappa shape index (κ2) is 7.57. The fourth-order valence-electron chi connectivity index (χ4n) is 3.20. The molecule has 1 aromatic heterocycles. The Hall–Kier alpha value is -3.22. The zero-order valence-electron chi connectivity index (χ0n) is 14.6. The number of urea groups is 1. The van der Waals surface area contributed by atoms with Crippen LogP contribution >= 0.6 is 0 Å². The third kappa shape index (κ3) is 3.97. The average molecular weight is 366 g/mol. The van der Waals surface area contributed by atoms with E-state index in [1.165, 1.54) is 12.1 Å². The van der Waals surface area contributed by atoms with Crippen molar-refractivity contribution in [2.75, 3.05) is 18.4 Å². The van der Waals surface area contributed by atoms with Gasteiger partial charge in [-0.3, -0.25) is 0 Å². The molecule has 1 saturated heterocycles. The van der Waals surface area contributed by atoms with Gasteiger partial charge >= 0.3 is 6.03 Å². The van der Waals surface area contributed by atoms with E-state index in [-0.39, 0.29) is 17.8 Å². The molecule has 1 aliphatic rings. The number of amides is 2. The number of nitrogens with one attached hydrogen (secondary N) is 1. The molecule has 2 amide bonds. The highest BCUT2D eigenvalue weighted by Crippen LogP contribution is 2.28. The van der Waals surface area contributed by atoms with Gasteiger partial charge in [0.05, 0.1) is 5.92 Å². The molecule has 0 saturated carbocycles. The standard InChI is InChI=1S/C20H19FN4O2/c21-16-10-8-14(9-11-16)18-23-24-19(27-18)15-5-4-12-25(13-15)20(26)22-17-6-2-1-3-7-17/h1-3,6-11,15H,4-5,12-13H2,(H,22,26). The molecule has 138 valence electrons. The molecule has 0 aliphatic carbocycles. The highest BCUT2D eigenvalue weighted by molar-refractivity contribution is 5.89. The molecular weight excluding hydrogens is 347 g/mol. The number of nitrogens with zero attached hydrogens (tertiary/aromatic N) is 3. The van der Waals surface area contributed by atoms with E-state index in [2.05, 4.69) is 15.5 Å². The minimum absolute atomic E-state index is 0.0121. The number of hydrogen-bond acceptors (Lipinski definition) is 4. The van der Waals surface area contributed by atoms with Gasteiger partial charge in [-0.05, 0) is 49.2 Å². The first-order valence-electron chi connectivity index (χ1n) is 8.89. The number of hydrogen-bond donors (Lipinski definition) is 1. The second-order valence-corrected chi connectivity index (χ2v) is 6.53. The Labute approximate surface area is 156 Å². The molecule has 7 heteroatoms. The Morgan fingerprint density at radius 1 is 1.11 bits per heavy atom. The molecule has 0 radical (unpaired) electrons. The first kappa shape index (κ1) is 17.2. The smallest absolute Gasteiger partial charge is 0.321 e. The van der Waals surface area contributed by atoms with E-state index < -0.39 is 0 Å². The minimum atomic E-state index is -0.314. The SMILES string of the molecule is O=C(Nc1ccccc1)N1CCCC(c2nnc(-c3ccc(F)cc3)o2)C1. The van der Waals surface area contributed by atoms with Crippen molar-refractivity contribution in [1.29, 1.82) is 0 Å². The van der Waals surface area contributed by atoms with Gasteiger partial charge < -0.3 is 14.6 Å². The van der Waals surface area contributed by atoms with Crippen LogP contribution in [0.25, 0.3) is 11.5 Å². The number of benzene rings is 2. The normalized spacial score (nSPS) is 16.9. The second-order valence-electron chi connectivity index (χ2n) is 6.53. The number of likely N-dealkylation sites (tertiary alicyclic amines) is 1. The van der Waals surface area contributed by atoms with E-state index in [1.54, 1.807) is 17.0 Å². The van der Waals surface area contributed by atoms with Crippen LogP contribution in [0.15, 0.2) is 59.0 Å². The number of carbonyl (C=O) groups excluding carboxylic acids is 1. The number of para-hydroxylation sites is 1. The fraction of sp³-hybridized carbons (Fsp3) is 0.250. The van der Waals surface area contributed by atoms with Crippen molar-refractivity contribution < 1.29 is 13.6 Å². The van der Waals surface area contributed by atoms with Crippen LogP contribution < -0.4 is 5.32 Å². The molecule has 1 unspecified atom stereocenters. The van der Waals surface area contributed by atoms with Crippen molar-refractivity contribution in [3.05, 3.63) is 66.3 Å². The van der Waals surface area contributed by atoms with Crippen molar-refractivity contribution in [3.8, 4) is 11.5 Å².